The van der Waals surface area contributed by atoms with E-state index in [0.29, 0.717) is 6.29 Å². The van der Waals surface area contributed by atoms with Gasteiger partial charge < -0.3 is 30.2 Å². The number of aliphatic hydroxyl groups is 3. The summed E-state index contributed by atoms with van der Waals surface area (Å²) in [7, 11) is 0. The fraction of sp³-hybridized carbons (Fsp3) is 0.800. The van der Waals surface area contributed by atoms with Gasteiger partial charge in [-0.3, -0.25) is 9.59 Å². The van der Waals surface area contributed by atoms with Crippen molar-refractivity contribution in [2.45, 2.75) is 65.1 Å². The number of nitrogens with one attached hydrogen (secondary N) is 1. The molecule has 0 fully saturated rings. The highest BCUT2D eigenvalue weighted by atomic mass is 16.5. The van der Waals surface area contributed by atoms with Crippen LogP contribution in [-0.4, -0.2) is 70.4 Å². The number of amides is 1. The topological polar surface area (TPSA) is 133 Å². The van der Waals surface area contributed by atoms with Crippen molar-refractivity contribution in [3.05, 3.63) is 0 Å². The molecule has 0 aromatic heterocycles. The van der Waals surface area contributed by atoms with Gasteiger partial charge >= 0.3 is 0 Å². The van der Waals surface area contributed by atoms with Crippen molar-refractivity contribution in [2.75, 3.05) is 6.61 Å². The number of carbonyl (C=O) groups excluding carboxylic acids is 3. The molecule has 0 radical (unpaired) electrons. The van der Waals surface area contributed by atoms with Crippen molar-refractivity contribution in [1.82, 2.24) is 5.32 Å². The summed E-state index contributed by atoms with van der Waals surface area (Å²) in [4.78, 5) is 34.6. The fourth-order valence-electron chi connectivity index (χ4n) is 2.04. The van der Waals surface area contributed by atoms with Crippen LogP contribution < -0.4 is 5.32 Å². The molecule has 0 spiro atoms. The SMILES string of the molecule is CC(=O)N[C@@H](C=O)[C@@H](O[C@H](C)C(=O)C(C)(C)C)[C@H](O)[C@H](O)CO. The van der Waals surface area contributed by atoms with Gasteiger partial charge in [0.05, 0.1) is 6.61 Å². The third-order valence-electron chi connectivity index (χ3n) is 3.26. The summed E-state index contributed by atoms with van der Waals surface area (Å²) in [6, 6.07) is -1.28. The third kappa shape index (κ3) is 6.74. The first kappa shape index (κ1) is 21.6. The number of rotatable bonds is 9. The Morgan fingerprint density at radius 1 is 1.26 bits per heavy atom. The standard InChI is InChI=1S/C15H27NO7/c1-8(14(22)15(3,4)5)23-13(12(21)11(20)7-18)10(6-17)16-9(2)19/h6,8,10-13,18,20-21H,7H2,1-5H3,(H,16,19)/t8-,10+,11-,12-,13-/m1/s1. The minimum Gasteiger partial charge on any atom is -0.394 e. The highest BCUT2D eigenvalue weighted by Gasteiger charge is 2.38. The molecule has 0 bridgehead atoms. The number of hydrogen-bond acceptors (Lipinski definition) is 7. The van der Waals surface area contributed by atoms with E-state index in [4.69, 9.17) is 9.84 Å². The summed E-state index contributed by atoms with van der Waals surface area (Å²) in [5.41, 5.74) is -0.713. The lowest BCUT2D eigenvalue weighted by molar-refractivity contribution is -0.160. The molecule has 0 saturated carbocycles. The molecule has 0 aliphatic heterocycles. The largest absolute Gasteiger partial charge is 0.394 e. The van der Waals surface area contributed by atoms with Crippen LogP contribution in [-0.2, 0) is 19.1 Å². The Balaban J connectivity index is 5.38. The minimum absolute atomic E-state index is 0.277. The first-order valence-corrected chi connectivity index (χ1v) is 7.34. The van der Waals surface area contributed by atoms with E-state index in [-0.39, 0.29) is 5.78 Å². The molecule has 134 valence electrons. The number of carbonyl (C=O) groups is 3. The molecule has 5 atom stereocenters. The van der Waals surface area contributed by atoms with Gasteiger partial charge in [0.25, 0.3) is 0 Å². The smallest absolute Gasteiger partial charge is 0.217 e. The molecule has 23 heavy (non-hydrogen) atoms. The van der Waals surface area contributed by atoms with Crippen molar-refractivity contribution in [3.63, 3.8) is 0 Å². The number of aliphatic hydroxyl groups excluding tert-OH is 3. The second-order valence-corrected chi connectivity index (χ2v) is 6.46. The maximum Gasteiger partial charge on any atom is 0.217 e. The first-order valence-electron chi connectivity index (χ1n) is 7.34. The van der Waals surface area contributed by atoms with Crippen LogP contribution in [0.1, 0.15) is 34.6 Å². The average Bonchev–Trinajstić information content (AvgIpc) is 2.46. The predicted octanol–water partition coefficient (Wildman–Crippen LogP) is -1.21. The maximum absolute atomic E-state index is 12.2. The van der Waals surface area contributed by atoms with E-state index >= 15 is 0 Å². The molecule has 0 saturated heterocycles. The number of hydrogen-bond donors (Lipinski definition) is 4. The highest BCUT2D eigenvalue weighted by Crippen LogP contribution is 2.21. The Labute approximate surface area is 135 Å². The maximum atomic E-state index is 12.2. The Kier molecular flexibility index (Phi) is 8.54. The Hall–Kier alpha value is -1.35. The third-order valence-corrected chi connectivity index (χ3v) is 3.26. The Bertz CT molecular complexity index is 419. The molecule has 0 aliphatic carbocycles. The molecule has 1 amide bonds. The average molecular weight is 333 g/mol. The van der Waals surface area contributed by atoms with E-state index in [1.54, 1.807) is 20.8 Å². The summed E-state index contributed by atoms with van der Waals surface area (Å²) in [6.07, 6.45) is -5.30. The van der Waals surface area contributed by atoms with Crippen LogP contribution in [0.4, 0.5) is 0 Å². The van der Waals surface area contributed by atoms with Crippen molar-refractivity contribution < 1.29 is 34.4 Å². The van der Waals surface area contributed by atoms with Crippen molar-refractivity contribution in [2.24, 2.45) is 5.41 Å². The van der Waals surface area contributed by atoms with Gasteiger partial charge in [-0.2, -0.15) is 0 Å². The molecule has 0 unspecified atom stereocenters. The van der Waals surface area contributed by atoms with Crippen LogP contribution in [0.2, 0.25) is 0 Å². The fourth-order valence-corrected chi connectivity index (χ4v) is 2.04. The van der Waals surface area contributed by atoms with Crippen LogP contribution in [0.15, 0.2) is 0 Å². The molecule has 0 aromatic rings. The van der Waals surface area contributed by atoms with Crippen molar-refractivity contribution in [3.8, 4) is 0 Å². The second kappa shape index (κ2) is 9.07. The summed E-state index contributed by atoms with van der Waals surface area (Å²) >= 11 is 0. The Morgan fingerprint density at radius 2 is 1.78 bits per heavy atom. The molecule has 8 heteroatoms. The van der Waals surface area contributed by atoms with Crippen molar-refractivity contribution in [1.29, 1.82) is 0 Å². The van der Waals surface area contributed by atoms with Gasteiger partial charge in [0.2, 0.25) is 5.91 Å². The first-order chi connectivity index (χ1) is 10.4. The van der Waals surface area contributed by atoms with Gasteiger partial charge in [-0.1, -0.05) is 20.8 Å². The zero-order valence-corrected chi connectivity index (χ0v) is 14.1. The van der Waals surface area contributed by atoms with Crippen LogP contribution in [0.25, 0.3) is 0 Å². The normalized spacial score (nSPS) is 18.4. The van der Waals surface area contributed by atoms with E-state index in [1.165, 1.54) is 13.8 Å². The molecular formula is C15H27NO7. The van der Waals surface area contributed by atoms with E-state index < -0.39 is 48.4 Å². The van der Waals surface area contributed by atoms with Crippen LogP contribution in [0, 0.1) is 5.41 Å². The number of ketones is 1. The molecular weight excluding hydrogens is 306 g/mol. The van der Waals surface area contributed by atoms with Gasteiger partial charge in [-0.25, -0.2) is 0 Å². The molecule has 0 rings (SSSR count). The molecule has 0 aliphatic rings. The molecule has 0 aromatic carbocycles. The molecule has 4 N–H and O–H groups in total. The zero-order valence-electron chi connectivity index (χ0n) is 14.1. The van der Waals surface area contributed by atoms with E-state index in [1.807, 2.05) is 0 Å². The van der Waals surface area contributed by atoms with Gasteiger partial charge in [0, 0.05) is 12.3 Å². The number of aldehydes is 1. The molecule has 8 nitrogen and oxygen atoms in total. The molecule has 0 heterocycles. The Morgan fingerprint density at radius 3 is 2.13 bits per heavy atom. The quantitative estimate of drug-likeness (QED) is 0.389. The van der Waals surface area contributed by atoms with E-state index in [9.17, 15) is 24.6 Å². The van der Waals surface area contributed by atoms with Crippen LogP contribution in [0.3, 0.4) is 0 Å². The summed E-state index contributed by atoms with van der Waals surface area (Å²) in [6.45, 7) is 6.92. The zero-order chi connectivity index (χ0) is 18.4. The van der Waals surface area contributed by atoms with E-state index in [2.05, 4.69) is 5.32 Å². The lowest BCUT2D eigenvalue weighted by Crippen LogP contribution is -2.56. The number of ether oxygens (including phenoxy) is 1. The summed E-state index contributed by atoms with van der Waals surface area (Å²) in [5, 5.41) is 30.9. The summed E-state index contributed by atoms with van der Waals surface area (Å²) in [5.74, 6) is -0.822. The van der Waals surface area contributed by atoms with E-state index in [0.717, 1.165) is 0 Å². The summed E-state index contributed by atoms with van der Waals surface area (Å²) < 4.78 is 5.46. The lowest BCUT2D eigenvalue weighted by atomic mass is 9.88. The van der Waals surface area contributed by atoms with Crippen LogP contribution in [0.5, 0.6) is 0 Å². The second-order valence-electron chi connectivity index (χ2n) is 6.46. The monoisotopic (exact) mass is 333 g/mol. The van der Waals surface area contributed by atoms with Crippen LogP contribution >= 0.6 is 0 Å². The lowest BCUT2D eigenvalue weighted by Gasteiger charge is -2.33. The van der Waals surface area contributed by atoms with Crippen molar-refractivity contribution >= 4 is 18.0 Å². The number of Topliss-reactive ketones (excluding diaryl/α,β-unsaturated/α-hetero) is 1. The highest BCUT2D eigenvalue weighted by molar-refractivity contribution is 5.87. The minimum atomic E-state index is -1.67. The van der Waals surface area contributed by atoms with Gasteiger partial charge in [0.1, 0.15) is 36.7 Å². The van der Waals surface area contributed by atoms with Gasteiger partial charge in [0.15, 0.2) is 5.78 Å². The predicted molar refractivity (Wildman–Crippen MR) is 81.6 cm³/mol. The van der Waals surface area contributed by atoms with Gasteiger partial charge in [-0.05, 0) is 6.92 Å². The van der Waals surface area contributed by atoms with Gasteiger partial charge in [-0.15, -0.1) is 0 Å².